The van der Waals surface area contributed by atoms with Crippen LogP contribution in [-0.2, 0) is 6.42 Å². The molecule has 1 aromatic carbocycles. The van der Waals surface area contributed by atoms with Gasteiger partial charge in [-0.2, -0.15) is 0 Å². The molecule has 76 valence electrons. The monoisotopic (exact) mass is 193 g/mol. The fourth-order valence-electron chi connectivity index (χ4n) is 1.25. The summed E-state index contributed by atoms with van der Waals surface area (Å²) in [6, 6.07) is 7.75. The van der Waals surface area contributed by atoms with Crippen LogP contribution in [0.2, 0.25) is 0 Å². The maximum Gasteiger partial charge on any atom is 0.328 e. The smallest absolute Gasteiger partial charge is 0.328 e. The summed E-state index contributed by atoms with van der Waals surface area (Å²) < 4.78 is 0. The molecule has 4 heteroatoms. The van der Waals surface area contributed by atoms with Crippen LogP contribution < -0.4 is 16.6 Å². The Bertz CT molecular complexity index is 312. The highest BCUT2D eigenvalue weighted by molar-refractivity contribution is 5.72. The third-order valence-electron chi connectivity index (χ3n) is 2.07. The minimum absolute atomic E-state index is 0.349. The predicted molar refractivity (Wildman–Crippen MR) is 55.6 cm³/mol. The highest BCUT2D eigenvalue weighted by atomic mass is 16.2. The van der Waals surface area contributed by atoms with Gasteiger partial charge in [0.1, 0.15) is 0 Å². The highest BCUT2D eigenvalue weighted by Gasteiger charge is 1.98. The molecule has 0 unspecified atom stereocenters. The second-order valence-corrected chi connectivity index (χ2v) is 3.08. The number of aryl methyl sites for hydroxylation is 1. The van der Waals surface area contributed by atoms with Gasteiger partial charge >= 0.3 is 6.03 Å². The Labute approximate surface area is 83.5 Å². The third kappa shape index (κ3) is 3.06. The average Bonchev–Trinajstić information content (AvgIpc) is 2.20. The number of urea groups is 1. The van der Waals surface area contributed by atoms with Crippen LogP contribution in [0.3, 0.4) is 0 Å². The van der Waals surface area contributed by atoms with Crippen molar-refractivity contribution in [3.05, 3.63) is 35.4 Å². The van der Waals surface area contributed by atoms with Gasteiger partial charge in [-0.1, -0.05) is 24.3 Å². The quantitative estimate of drug-likeness (QED) is 0.376. The highest BCUT2D eigenvalue weighted by Crippen LogP contribution is 2.06. The number of benzene rings is 1. The fraction of sp³-hybridized carbons (Fsp3) is 0.300. The zero-order valence-electron chi connectivity index (χ0n) is 8.21. The molecule has 0 radical (unpaired) electrons. The van der Waals surface area contributed by atoms with E-state index in [9.17, 15) is 4.79 Å². The largest absolute Gasteiger partial charge is 0.337 e. The van der Waals surface area contributed by atoms with Crippen LogP contribution in [0.25, 0.3) is 0 Å². The Hall–Kier alpha value is -1.55. The van der Waals surface area contributed by atoms with Crippen LogP contribution in [0.4, 0.5) is 4.79 Å². The van der Waals surface area contributed by atoms with Gasteiger partial charge in [-0.25, -0.2) is 10.6 Å². The van der Waals surface area contributed by atoms with Crippen molar-refractivity contribution in [1.82, 2.24) is 10.7 Å². The third-order valence-corrected chi connectivity index (χ3v) is 2.07. The van der Waals surface area contributed by atoms with Gasteiger partial charge in [0.15, 0.2) is 0 Å². The first kappa shape index (κ1) is 10.5. The summed E-state index contributed by atoms with van der Waals surface area (Å²) in [5.74, 6) is 4.92. The molecule has 4 nitrogen and oxygen atoms in total. The van der Waals surface area contributed by atoms with Crippen LogP contribution in [0.5, 0.6) is 0 Å². The summed E-state index contributed by atoms with van der Waals surface area (Å²) in [4.78, 5) is 10.7. The molecule has 4 N–H and O–H groups in total. The topological polar surface area (TPSA) is 67.2 Å². The van der Waals surface area contributed by atoms with Crippen molar-refractivity contribution in [2.45, 2.75) is 13.3 Å². The normalized spacial score (nSPS) is 9.57. The molecule has 0 saturated heterocycles. The van der Waals surface area contributed by atoms with Gasteiger partial charge in [-0.3, -0.25) is 5.43 Å². The van der Waals surface area contributed by atoms with Gasteiger partial charge in [-0.05, 0) is 24.5 Å². The molecule has 1 rings (SSSR count). The zero-order valence-corrected chi connectivity index (χ0v) is 8.21. The number of nitrogens with two attached hydrogens (primary N) is 1. The van der Waals surface area contributed by atoms with Gasteiger partial charge in [0.25, 0.3) is 0 Å². The molecule has 0 spiro atoms. The second-order valence-electron chi connectivity index (χ2n) is 3.08. The van der Waals surface area contributed by atoms with E-state index < -0.39 is 0 Å². The number of carbonyl (C=O) groups excluding carboxylic acids is 1. The lowest BCUT2D eigenvalue weighted by atomic mass is 10.1. The molecule has 0 fully saturated rings. The first-order valence-electron chi connectivity index (χ1n) is 4.53. The number of rotatable bonds is 3. The first-order valence-corrected chi connectivity index (χ1v) is 4.53. The predicted octanol–water partition coefficient (Wildman–Crippen LogP) is 0.710. The van der Waals surface area contributed by atoms with Gasteiger partial charge in [0, 0.05) is 6.54 Å². The molecule has 0 heterocycles. The second kappa shape index (κ2) is 5.24. The molecule has 0 aliphatic rings. The SMILES string of the molecule is Cc1ccccc1CCNC(=O)NN. The van der Waals surface area contributed by atoms with Gasteiger partial charge in [-0.15, -0.1) is 0 Å². The van der Waals surface area contributed by atoms with E-state index in [1.807, 2.05) is 17.6 Å². The maximum absolute atomic E-state index is 10.7. The van der Waals surface area contributed by atoms with Gasteiger partial charge < -0.3 is 5.32 Å². The lowest BCUT2D eigenvalue weighted by Crippen LogP contribution is -2.40. The lowest BCUT2D eigenvalue weighted by Gasteiger charge is -2.06. The summed E-state index contributed by atoms with van der Waals surface area (Å²) in [5.41, 5.74) is 4.49. The van der Waals surface area contributed by atoms with E-state index in [1.165, 1.54) is 11.1 Å². The van der Waals surface area contributed by atoms with Crippen molar-refractivity contribution in [2.75, 3.05) is 6.54 Å². The van der Waals surface area contributed by atoms with E-state index in [0.717, 1.165) is 6.42 Å². The van der Waals surface area contributed by atoms with E-state index in [-0.39, 0.29) is 6.03 Å². The van der Waals surface area contributed by atoms with Crippen LogP contribution in [0.1, 0.15) is 11.1 Å². The van der Waals surface area contributed by atoms with E-state index in [2.05, 4.69) is 24.4 Å². The minimum Gasteiger partial charge on any atom is -0.337 e. The molecule has 2 amide bonds. The molecule has 0 aliphatic carbocycles. The molecular formula is C10H15N3O. The standard InChI is InChI=1S/C10H15N3O/c1-8-4-2-3-5-9(8)6-7-12-10(14)13-11/h2-5H,6-7,11H2,1H3,(H2,12,13,14). The number of amides is 2. The van der Waals surface area contributed by atoms with E-state index in [1.54, 1.807) is 0 Å². The molecule has 1 aromatic rings. The summed E-state index contributed by atoms with van der Waals surface area (Å²) in [6.07, 6.45) is 0.820. The Morgan fingerprint density at radius 1 is 1.43 bits per heavy atom. The molecule has 14 heavy (non-hydrogen) atoms. The van der Waals surface area contributed by atoms with Crippen molar-refractivity contribution in [3.8, 4) is 0 Å². The lowest BCUT2D eigenvalue weighted by molar-refractivity contribution is 0.241. The van der Waals surface area contributed by atoms with Crippen LogP contribution in [0, 0.1) is 6.92 Å². The van der Waals surface area contributed by atoms with E-state index in [4.69, 9.17) is 5.84 Å². The first-order chi connectivity index (χ1) is 6.74. The summed E-state index contributed by atoms with van der Waals surface area (Å²) >= 11 is 0. The Morgan fingerprint density at radius 2 is 2.14 bits per heavy atom. The van der Waals surface area contributed by atoms with Crippen molar-refractivity contribution < 1.29 is 4.79 Å². The van der Waals surface area contributed by atoms with Crippen LogP contribution in [-0.4, -0.2) is 12.6 Å². The minimum atomic E-state index is -0.349. The van der Waals surface area contributed by atoms with E-state index >= 15 is 0 Å². The molecule has 0 atom stereocenters. The molecule has 0 bridgehead atoms. The van der Waals surface area contributed by atoms with E-state index in [0.29, 0.717) is 6.54 Å². The average molecular weight is 193 g/mol. The van der Waals surface area contributed by atoms with Gasteiger partial charge in [0.2, 0.25) is 0 Å². The maximum atomic E-state index is 10.7. The molecular weight excluding hydrogens is 178 g/mol. The van der Waals surface area contributed by atoms with Crippen molar-refractivity contribution >= 4 is 6.03 Å². The molecule has 0 aliphatic heterocycles. The summed E-state index contributed by atoms with van der Waals surface area (Å²) in [7, 11) is 0. The molecule has 0 aromatic heterocycles. The van der Waals surface area contributed by atoms with Crippen molar-refractivity contribution in [3.63, 3.8) is 0 Å². The number of nitrogens with one attached hydrogen (secondary N) is 2. The van der Waals surface area contributed by atoms with Crippen LogP contribution >= 0.6 is 0 Å². The summed E-state index contributed by atoms with van der Waals surface area (Å²) in [5, 5.41) is 2.63. The Kier molecular flexibility index (Phi) is 3.94. The molecule has 0 saturated carbocycles. The Morgan fingerprint density at radius 3 is 2.79 bits per heavy atom. The fourth-order valence-corrected chi connectivity index (χ4v) is 1.25. The number of hydrogen-bond acceptors (Lipinski definition) is 2. The Balaban J connectivity index is 2.39. The van der Waals surface area contributed by atoms with Gasteiger partial charge in [0.05, 0.1) is 0 Å². The van der Waals surface area contributed by atoms with Crippen molar-refractivity contribution in [1.29, 1.82) is 0 Å². The summed E-state index contributed by atoms with van der Waals surface area (Å²) in [6.45, 7) is 2.65. The number of hydrazine groups is 1. The van der Waals surface area contributed by atoms with Crippen molar-refractivity contribution in [2.24, 2.45) is 5.84 Å². The number of carbonyl (C=O) groups is 1. The van der Waals surface area contributed by atoms with Crippen LogP contribution in [0.15, 0.2) is 24.3 Å². The zero-order chi connectivity index (χ0) is 10.4. The number of hydrogen-bond donors (Lipinski definition) is 3.